The molecular weight excluding hydrogens is 232 g/mol. The summed E-state index contributed by atoms with van der Waals surface area (Å²) in [6, 6.07) is 0.296. The van der Waals surface area contributed by atoms with E-state index in [2.05, 4.69) is 20.1 Å². The molecule has 1 saturated heterocycles. The van der Waals surface area contributed by atoms with Crippen LogP contribution >= 0.6 is 12.4 Å². The zero-order chi connectivity index (χ0) is 10.7. The van der Waals surface area contributed by atoms with Crippen molar-refractivity contribution in [3.05, 3.63) is 12.2 Å². The highest BCUT2D eigenvalue weighted by atomic mass is 35.5. The second-order valence-electron chi connectivity index (χ2n) is 3.54. The molecule has 7 heteroatoms. The minimum absolute atomic E-state index is 0. The summed E-state index contributed by atoms with van der Waals surface area (Å²) in [5.41, 5.74) is 0. The summed E-state index contributed by atoms with van der Waals surface area (Å²) >= 11 is 0. The second-order valence-corrected chi connectivity index (χ2v) is 3.54. The van der Waals surface area contributed by atoms with Crippen LogP contribution in [0.5, 0.6) is 0 Å². The SMILES string of the molecule is COC(=O)c1ncn(C2CCCNC2)n1.Cl. The van der Waals surface area contributed by atoms with Gasteiger partial charge < -0.3 is 10.1 Å². The lowest BCUT2D eigenvalue weighted by Gasteiger charge is -2.22. The highest BCUT2D eigenvalue weighted by molar-refractivity contribution is 5.85. The third-order valence-electron chi connectivity index (χ3n) is 2.52. The lowest BCUT2D eigenvalue weighted by atomic mass is 10.1. The topological polar surface area (TPSA) is 69.0 Å². The van der Waals surface area contributed by atoms with Crippen molar-refractivity contribution in [3.8, 4) is 0 Å². The van der Waals surface area contributed by atoms with Crippen LogP contribution in [0.1, 0.15) is 29.5 Å². The van der Waals surface area contributed by atoms with Gasteiger partial charge in [-0.05, 0) is 19.4 Å². The number of hydrogen-bond donors (Lipinski definition) is 1. The fourth-order valence-electron chi connectivity index (χ4n) is 1.69. The lowest BCUT2D eigenvalue weighted by Crippen LogP contribution is -2.32. The molecule has 1 fully saturated rings. The van der Waals surface area contributed by atoms with Crippen molar-refractivity contribution in [1.82, 2.24) is 20.1 Å². The number of nitrogens with zero attached hydrogens (tertiary/aromatic N) is 3. The van der Waals surface area contributed by atoms with Crippen molar-refractivity contribution in [2.75, 3.05) is 20.2 Å². The molecule has 2 rings (SSSR count). The summed E-state index contributed by atoms with van der Waals surface area (Å²) in [5, 5.41) is 7.38. The van der Waals surface area contributed by atoms with Crippen molar-refractivity contribution < 1.29 is 9.53 Å². The van der Waals surface area contributed by atoms with E-state index in [0.29, 0.717) is 6.04 Å². The Bertz CT molecular complexity index is 349. The van der Waals surface area contributed by atoms with Gasteiger partial charge in [0.05, 0.1) is 13.2 Å². The van der Waals surface area contributed by atoms with Gasteiger partial charge in [-0.25, -0.2) is 14.5 Å². The first-order valence-electron chi connectivity index (χ1n) is 5.01. The third kappa shape index (κ3) is 2.70. The molecule has 1 aliphatic rings. The number of rotatable bonds is 2. The van der Waals surface area contributed by atoms with E-state index in [1.165, 1.54) is 7.11 Å². The van der Waals surface area contributed by atoms with Gasteiger partial charge in [0.15, 0.2) is 0 Å². The third-order valence-corrected chi connectivity index (χ3v) is 2.52. The fraction of sp³-hybridized carbons (Fsp3) is 0.667. The summed E-state index contributed by atoms with van der Waals surface area (Å²) in [6.45, 7) is 1.93. The maximum Gasteiger partial charge on any atom is 0.377 e. The molecule has 0 spiro atoms. The van der Waals surface area contributed by atoms with E-state index in [9.17, 15) is 4.79 Å². The molecule has 6 nitrogen and oxygen atoms in total. The molecule has 1 atom stereocenters. The second kappa shape index (κ2) is 5.81. The van der Waals surface area contributed by atoms with Crippen LogP contribution in [0.2, 0.25) is 0 Å². The van der Waals surface area contributed by atoms with Crippen LogP contribution in [0.25, 0.3) is 0 Å². The molecule has 2 heterocycles. The Labute approximate surface area is 99.8 Å². The van der Waals surface area contributed by atoms with E-state index in [1.54, 1.807) is 11.0 Å². The van der Waals surface area contributed by atoms with Crippen LogP contribution in [0.3, 0.4) is 0 Å². The van der Waals surface area contributed by atoms with Crippen LogP contribution in [-0.2, 0) is 4.74 Å². The van der Waals surface area contributed by atoms with Crippen molar-refractivity contribution in [1.29, 1.82) is 0 Å². The van der Waals surface area contributed by atoms with Crippen LogP contribution in [0, 0.1) is 0 Å². The maximum atomic E-state index is 11.1. The molecule has 0 bridgehead atoms. The molecule has 0 saturated carbocycles. The molecule has 90 valence electrons. The Balaban J connectivity index is 0.00000128. The van der Waals surface area contributed by atoms with Gasteiger partial charge in [-0.3, -0.25) is 0 Å². The molecular formula is C9H15ClN4O2. The standard InChI is InChI=1S/C9H14N4O2.ClH/c1-15-9(14)8-11-6-13(12-8)7-3-2-4-10-5-7;/h6-7,10H,2-5H2,1H3;1H. The number of hydrogen-bond acceptors (Lipinski definition) is 5. The largest absolute Gasteiger partial charge is 0.463 e. The molecule has 1 N–H and O–H groups in total. The van der Waals surface area contributed by atoms with Crippen LogP contribution in [0.4, 0.5) is 0 Å². The number of methoxy groups -OCH3 is 1. The van der Waals surface area contributed by atoms with E-state index in [-0.39, 0.29) is 18.2 Å². The van der Waals surface area contributed by atoms with E-state index >= 15 is 0 Å². The van der Waals surface area contributed by atoms with E-state index < -0.39 is 5.97 Å². The molecule has 1 aromatic heterocycles. The number of halogens is 1. The van der Waals surface area contributed by atoms with Gasteiger partial charge in [0.1, 0.15) is 6.33 Å². The number of piperidine rings is 1. The average Bonchev–Trinajstić information content (AvgIpc) is 2.78. The first kappa shape index (κ1) is 12.9. The molecule has 0 amide bonds. The smallest absolute Gasteiger partial charge is 0.377 e. The number of ether oxygens (including phenoxy) is 1. The molecule has 0 aromatic carbocycles. The molecule has 1 aromatic rings. The summed E-state index contributed by atoms with van der Waals surface area (Å²) in [7, 11) is 1.32. The molecule has 1 aliphatic heterocycles. The van der Waals surface area contributed by atoms with Gasteiger partial charge in [0, 0.05) is 6.54 Å². The fourth-order valence-corrected chi connectivity index (χ4v) is 1.69. The van der Waals surface area contributed by atoms with Crippen molar-refractivity contribution in [2.45, 2.75) is 18.9 Å². The predicted molar refractivity (Wildman–Crippen MR) is 59.8 cm³/mol. The summed E-state index contributed by atoms with van der Waals surface area (Å²) in [4.78, 5) is 15.0. The maximum absolute atomic E-state index is 11.1. The quantitative estimate of drug-likeness (QED) is 0.766. The minimum atomic E-state index is -0.488. The van der Waals surface area contributed by atoms with Crippen LogP contribution < -0.4 is 5.32 Å². The number of carbonyl (C=O) groups excluding carboxylic acids is 1. The molecule has 1 unspecified atom stereocenters. The number of aromatic nitrogens is 3. The molecule has 0 aliphatic carbocycles. The van der Waals surface area contributed by atoms with Crippen molar-refractivity contribution in [2.24, 2.45) is 0 Å². The highest BCUT2D eigenvalue weighted by Crippen LogP contribution is 2.14. The van der Waals surface area contributed by atoms with Gasteiger partial charge >= 0.3 is 5.97 Å². The van der Waals surface area contributed by atoms with E-state index in [1.807, 2.05) is 0 Å². The van der Waals surface area contributed by atoms with Crippen LogP contribution in [-0.4, -0.2) is 40.9 Å². The first-order chi connectivity index (χ1) is 7.31. The van der Waals surface area contributed by atoms with Gasteiger partial charge in [-0.2, -0.15) is 0 Å². The average molecular weight is 247 g/mol. The van der Waals surface area contributed by atoms with Gasteiger partial charge in [-0.15, -0.1) is 17.5 Å². The minimum Gasteiger partial charge on any atom is -0.463 e. The Kier molecular flexibility index (Phi) is 4.70. The van der Waals surface area contributed by atoms with Crippen molar-refractivity contribution in [3.63, 3.8) is 0 Å². The summed E-state index contributed by atoms with van der Waals surface area (Å²) in [6.07, 6.45) is 3.78. The van der Waals surface area contributed by atoms with E-state index in [4.69, 9.17) is 0 Å². The number of esters is 1. The van der Waals surface area contributed by atoms with Gasteiger partial charge in [-0.1, -0.05) is 0 Å². The summed E-state index contributed by atoms with van der Waals surface area (Å²) in [5.74, 6) is -0.361. The first-order valence-corrected chi connectivity index (χ1v) is 5.01. The predicted octanol–water partition coefficient (Wildman–Crippen LogP) is 0.411. The Morgan fingerprint density at radius 3 is 3.12 bits per heavy atom. The van der Waals surface area contributed by atoms with Crippen molar-refractivity contribution >= 4 is 18.4 Å². The van der Waals surface area contributed by atoms with Gasteiger partial charge in [0.25, 0.3) is 5.82 Å². The van der Waals surface area contributed by atoms with Crippen LogP contribution in [0.15, 0.2) is 6.33 Å². The molecule has 16 heavy (non-hydrogen) atoms. The lowest BCUT2D eigenvalue weighted by molar-refractivity contribution is 0.0586. The number of carbonyl (C=O) groups is 1. The Morgan fingerprint density at radius 1 is 1.69 bits per heavy atom. The zero-order valence-corrected chi connectivity index (χ0v) is 9.87. The monoisotopic (exact) mass is 246 g/mol. The van der Waals surface area contributed by atoms with Gasteiger partial charge in [0.2, 0.25) is 0 Å². The Morgan fingerprint density at radius 2 is 2.50 bits per heavy atom. The Hall–Kier alpha value is -1.14. The summed E-state index contributed by atoms with van der Waals surface area (Å²) < 4.78 is 6.28. The number of nitrogens with one attached hydrogen (secondary N) is 1. The normalized spacial score (nSPS) is 19.9. The highest BCUT2D eigenvalue weighted by Gasteiger charge is 2.18. The van der Waals surface area contributed by atoms with E-state index in [0.717, 1.165) is 25.9 Å². The zero-order valence-electron chi connectivity index (χ0n) is 9.05. The molecule has 0 radical (unpaired) electrons.